The van der Waals surface area contributed by atoms with Gasteiger partial charge in [0.2, 0.25) is 0 Å². The van der Waals surface area contributed by atoms with Crippen LogP contribution in [0.5, 0.6) is 0 Å². The highest BCUT2D eigenvalue weighted by Crippen LogP contribution is 2.22. The van der Waals surface area contributed by atoms with Crippen LogP contribution in [0.2, 0.25) is 5.02 Å². The van der Waals surface area contributed by atoms with Crippen LogP contribution in [0.25, 0.3) is 0 Å². The van der Waals surface area contributed by atoms with Gasteiger partial charge < -0.3 is 9.92 Å². The molecule has 14 heavy (non-hydrogen) atoms. The van der Waals surface area contributed by atoms with Crippen LogP contribution in [0.3, 0.4) is 0 Å². The highest BCUT2D eigenvalue weighted by atomic mass is 35.5. The molecule has 0 amide bonds. The lowest BCUT2D eigenvalue weighted by Gasteiger charge is -2.15. The third-order valence-electron chi connectivity index (χ3n) is 2.02. The molecule has 1 rings (SSSR count). The minimum Gasteiger partial charge on any atom is -0.443 e. The fraction of sp³-hybridized carbons (Fsp3) is 0.200. The van der Waals surface area contributed by atoms with Gasteiger partial charge in [0.1, 0.15) is 0 Å². The van der Waals surface area contributed by atoms with E-state index in [0.29, 0.717) is 5.02 Å². The number of anilines is 1. The van der Waals surface area contributed by atoms with E-state index >= 15 is 0 Å². The normalized spacial score (nSPS) is 9.71. The number of nitrogens with zero attached hydrogens (tertiary/aromatic N) is 1. The van der Waals surface area contributed by atoms with Crippen molar-refractivity contribution in [2.75, 3.05) is 19.0 Å². The number of hydrogen-bond donors (Lipinski definition) is 1. The fourth-order valence-corrected chi connectivity index (χ4v) is 1.56. The van der Waals surface area contributed by atoms with E-state index in [9.17, 15) is 5.02 Å². The van der Waals surface area contributed by atoms with Gasteiger partial charge in [-0.3, -0.25) is 0 Å². The van der Waals surface area contributed by atoms with Gasteiger partial charge in [-0.1, -0.05) is 23.6 Å². The standard InChI is InChI=1S/C10H13BClNO/c1-4-11(14)8-5-6-10(13(2)3)9(12)7-8/h4-7,14H,1H2,2-3H3. The molecule has 0 saturated heterocycles. The van der Waals surface area contributed by atoms with Gasteiger partial charge in [-0.2, -0.15) is 0 Å². The largest absolute Gasteiger partial charge is 0.443 e. The van der Waals surface area contributed by atoms with Gasteiger partial charge in [0.15, 0.2) is 0 Å². The summed E-state index contributed by atoms with van der Waals surface area (Å²) in [6.07, 6.45) is 0. The Morgan fingerprint density at radius 1 is 1.50 bits per heavy atom. The molecule has 0 aliphatic carbocycles. The molecule has 74 valence electrons. The smallest absolute Gasteiger partial charge is 0.350 e. The SMILES string of the molecule is C=CB(O)c1ccc(N(C)C)c(Cl)c1. The molecule has 0 aromatic heterocycles. The van der Waals surface area contributed by atoms with Gasteiger partial charge >= 0.3 is 6.92 Å². The van der Waals surface area contributed by atoms with Crippen LogP contribution in [0, 0.1) is 0 Å². The molecule has 0 spiro atoms. The van der Waals surface area contributed by atoms with E-state index in [1.54, 1.807) is 6.07 Å². The van der Waals surface area contributed by atoms with Gasteiger partial charge in [0.05, 0.1) is 10.7 Å². The Hall–Kier alpha value is -0.925. The Morgan fingerprint density at radius 2 is 2.14 bits per heavy atom. The summed E-state index contributed by atoms with van der Waals surface area (Å²) in [6.45, 7) is 2.87. The van der Waals surface area contributed by atoms with Crippen LogP contribution in [0.15, 0.2) is 30.8 Å². The zero-order chi connectivity index (χ0) is 10.7. The summed E-state index contributed by atoms with van der Waals surface area (Å²) in [6, 6.07) is 5.47. The van der Waals surface area contributed by atoms with E-state index in [4.69, 9.17) is 11.6 Å². The average Bonchev–Trinajstić information content (AvgIpc) is 2.15. The summed E-state index contributed by atoms with van der Waals surface area (Å²) in [4.78, 5) is 1.92. The second kappa shape index (κ2) is 4.53. The Bertz CT molecular complexity index is 341. The molecule has 0 bridgehead atoms. The zero-order valence-electron chi connectivity index (χ0n) is 8.37. The molecule has 0 saturated carbocycles. The summed E-state index contributed by atoms with van der Waals surface area (Å²) in [5, 5.41) is 10.1. The van der Waals surface area contributed by atoms with Gasteiger partial charge in [-0.05, 0) is 17.6 Å². The lowest BCUT2D eigenvalue weighted by molar-refractivity contribution is 0.599. The van der Waals surface area contributed by atoms with E-state index in [-0.39, 0.29) is 0 Å². The highest BCUT2D eigenvalue weighted by molar-refractivity contribution is 6.71. The van der Waals surface area contributed by atoms with E-state index in [2.05, 4.69) is 6.58 Å². The van der Waals surface area contributed by atoms with Crippen molar-refractivity contribution in [3.63, 3.8) is 0 Å². The maximum absolute atomic E-state index is 9.49. The fourth-order valence-electron chi connectivity index (χ4n) is 1.21. The summed E-state index contributed by atoms with van der Waals surface area (Å²) in [7, 11) is 3.84. The molecular weight excluding hydrogens is 196 g/mol. The molecule has 1 N–H and O–H groups in total. The molecule has 0 fully saturated rings. The van der Waals surface area contributed by atoms with Crippen molar-refractivity contribution < 1.29 is 5.02 Å². The second-order valence-corrected chi connectivity index (χ2v) is 3.69. The van der Waals surface area contributed by atoms with Crippen molar-refractivity contribution in [1.29, 1.82) is 0 Å². The topological polar surface area (TPSA) is 23.5 Å². The van der Waals surface area contributed by atoms with Crippen LogP contribution in [-0.4, -0.2) is 26.0 Å². The highest BCUT2D eigenvalue weighted by Gasteiger charge is 2.11. The molecule has 2 nitrogen and oxygen atoms in total. The first-order chi connectivity index (χ1) is 6.56. The second-order valence-electron chi connectivity index (χ2n) is 3.29. The van der Waals surface area contributed by atoms with E-state index in [1.807, 2.05) is 31.1 Å². The molecule has 0 radical (unpaired) electrons. The number of rotatable bonds is 3. The Morgan fingerprint density at radius 3 is 2.57 bits per heavy atom. The molecule has 4 heteroatoms. The molecule has 0 heterocycles. The average molecular weight is 209 g/mol. The Kier molecular flexibility index (Phi) is 3.61. The number of benzene rings is 1. The van der Waals surface area contributed by atoms with E-state index < -0.39 is 6.92 Å². The van der Waals surface area contributed by atoms with Gasteiger partial charge in [-0.15, -0.1) is 6.58 Å². The van der Waals surface area contributed by atoms with Crippen molar-refractivity contribution in [2.24, 2.45) is 0 Å². The van der Waals surface area contributed by atoms with E-state index in [1.165, 1.54) is 5.98 Å². The lowest BCUT2D eigenvalue weighted by Crippen LogP contribution is -2.28. The molecule has 1 aromatic carbocycles. The first-order valence-electron chi connectivity index (χ1n) is 4.33. The molecule has 0 aliphatic rings. The third-order valence-corrected chi connectivity index (χ3v) is 2.32. The third kappa shape index (κ3) is 2.31. The van der Waals surface area contributed by atoms with Crippen molar-refractivity contribution in [3.8, 4) is 0 Å². The zero-order valence-corrected chi connectivity index (χ0v) is 9.12. The van der Waals surface area contributed by atoms with Crippen molar-refractivity contribution in [1.82, 2.24) is 0 Å². The predicted molar refractivity (Wildman–Crippen MR) is 63.6 cm³/mol. The van der Waals surface area contributed by atoms with Crippen molar-refractivity contribution in [3.05, 3.63) is 35.8 Å². The summed E-state index contributed by atoms with van der Waals surface area (Å²) in [5.41, 5.74) is 1.70. The summed E-state index contributed by atoms with van der Waals surface area (Å²) < 4.78 is 0. The number of hydrogen-bond acceptors (Lipinski definition) is 2. The quantitative estimate of drug-likeness (QED) is 0.759. The summed E-state index contributed by atoms with van der Waals surface area (Å²) in [5.74, 6) is 1.47. The predicted octanol–water partition coefficient (Wildman–Crippen LogP) is 1.32. The molecule has 0 aliphatic heterocycles. The van der Waals surface area contributed by atoms with Crippen LogP contribution in [0.4, 0.5) is 5.69 Å². The minimum absolute atomic E-state index is 0.633. The van der Waals surface area contributed by atoms with Crippen LogP contribution >= 0.6 is 11.6 Å². The molecular formula is C10H13BClNO. The van der Waals surface area contributed by atoms with Crippen molar-refractivity contribution >= 4 is 29.7 Å². The first-order valence-corrected chi connectivity index (χ1v) is 4.71. The maximum atomic E-state index is 9.49. The van der Waals surface area contributed by atoms with Gasteiger partial charge in [0, 0.05) is 14.1 Å². The molecule has 0 atom stereocenters. The van der Waals surface area contributed by atoms with E-state index in [0.717, 1.165) is 11.2 Å². The number of halogens is 1. The Labute approximate surface area is 89.9 Å². The van der Waals surface area contributed by atoms with Crippen LogP contribution in [0.1, 0.15) is 0 Å². The van der Waals surface area contributed by atoms with Crippen LogP contribution in [-0.2, 0) is 0 Å². The van der Waals surface area contributed by atoms with Gasteiger partial charge in [-0.25, -0.2) is 0 Å². The van der Waals surface area contributed by atoms with Crippen molar-refractivity contribution in [2.45, 2.75) is 0 Å². The molecule has 1 aromatic rings. The van der Waals surface area contributed by atoms with Crippen LogP contribution < -0.4 is 10.4 Å². The first kappa shape index (κ1) is 11.2. The monoisotopic (exact) mass is 209 g/mol. The molecule has 0 unspecified atom stereocenters. The van der Waals surface area contributed by atoms with Gasteiger partial charge in [0.25, 0.3) is 0 Å². The lowest BCUT2D eigenvalue weighted by atomic mass is 9.62. The maximum Gasteiger partial charge on any atom is 0.350 e. The summed E-state index contributed by atoms with van der Waals surface area (Å²) >= 11 is 6.04. The minimum atomic E-state index is -0.649. The Balaban J connectivity index is 3.06.